The number of hydrogen-bond acceptors (Lipinski definition) is 5. The van der Waals surface area contributed by atoms with Gasteiger partial charge in [0.2, 0.25) is 0 Å². The zero-order valence-electron chi connectivity index (χ0n) is 4.78. The Morgan fingerprint density at radius 1 is 1.78 bits per heavy atom. The SMILES string of the molecule is NCCOc1ncns1. The van der Waals surface area contributed by atoms with Crippen LogP contribution in [0.25, 0.3) is 0 Å². The molecule has 1 heterocycles. The number of nitrogens with zero attached hydrogens (tertiary/aromatic N) is 2. The molecule has 0 saturated heterocycles. The van der Waals surface area contributed by atoms with Gasteiger partial charge in [0.25, 0.3) is 5.19 Å². The Morgan fingerprint density at radius 3 is 3.22 bits per heavy atom. The summed E-state index contributed by atoms with van der Waals surface area (Å²) >= 11 is 1.22. The molecule has 0 fully saturated rings. The summed E-state index contributed by atoms with van der Waals surface area (Å²) in [6, 6.07) is 0. The molecule has 0 bridgehead atoms. The molecule has 0 saturated carbocycles. The quantitative estimate of drug-likeness (QED) is 0.644. The summed E-state index contributed by atoms with van der Waals surface area (Å²) in [6.07, 6.45) is 1.45. The van der Waals surface area contributed by atoms with Gasteiger partial charge in [-0.3, -0.25) is 0 Å². The zero-order chi connectivity index (χ0) is 6.53. The van der Waals surface area contributed by atoms with E-state index in [9.17, 15) is 0 Å². The van der Waals surface area contributed by atoms with Crippen LogP contribution in [0.5, 0.6) is 5.19 Å². The van der Waals surface area contributed by atoms with Crippen molar-refractivity contribution in [1.82, 2.24) is 9.36 Å². The fourth-order valence-corrected chi connectivity index (χ4v) is 0.788. The van der Waals surface area contributed by atoms with Crippen LogP contribution in [0.15, 0.2) is 6.33 Å². The molecule has 0 radical (unpaired) electrons. The van der Waals surface area contributed by atoms with Crippen LogP contribution in [0.4, 0.5) is 0 Å². The average Bonchev–Trinajstić information content (AvgIpc) is 2.34. The number of ether oxygens (including phenoxy) is 1. The minimum atomic E-state index is 0.509. The number of nitrogens with two attached hydrogens (primary N) is 1. The lowest BCUT2D eigenvalue weighted by molar-refractivity contribution is 0.326. The van der Waals surface area contributed by atoms with E-state index < -0.39 is 0 Å². The van der Waals surface area contributed by atoms with Gasteiger partial charge in [0.15, 0.2) is 0 Å². The second-order valence-corrected chi connectivity index (χ2v) is 2.09. The highest BCUT2D eigenvalue weighted by molar-refractivity contribution is 7.07. The van der Waals surface area contributed by atoms with Crippen LogP contribution in [0, 0.1) is 0 Å². The van der Waals surface area contributed by atoms with Gasteiger partial charge in [0.1, 0.15) is 12.9 Å². The van der Waals surface area contributed by atoms with Crippen molar-refractivity contribution < 1.29 is 4.74 Å². The summed E-state index contributed by atoms with van der Waals surface area (Å²) in [6.45, 7) is 1.02. The minimum Gasteiger partial charge on any atom is -0.468 e. The Bertz CT molecular complexity index is 153. The van der Waals surface area contributed by atoms with Gasteiger partial charge in [-0.1, -0.05) is 0 Å². The second kappa shape index (κ2) is 3.37. The van der Waals surface area contributed by atoms with Crippen molar-refractivity contribution in [3.8, 4) is 5.19 Å². The van der Waals surface area contributed by atoms with E-state index in [4.69, 9.17) is 10.5 Å². The molecule has 0 aliphatic heterocycles. The smallest absolute Gasteiger partial charge is 0.292 e. The summed E-state index contributed by atoms with van der Waals surface area (Å²) in [7, 11) is 0. The minimum absolute atomic E-state index is 0.509. The molecule has 0 aliphatic rings. The predicted molar refractivity (Wildman–Crippen MR) is 34.5 cm³/mol. The lowest BCUT2D eigenvalue weighted by Crippen LogP contribution is -2.10. The van der Waals surface area contributed by atoms with Crippen LogP contribution in [-0.4, -0.2) is 22.5 Å². The van der Waals surface area contributed by atoms with Crippen LogP contribution < -0.4 is 10.5 Å². The molecule has 0 amide bonds. The van der Waals surface area contributed by atoms with Gasteiger partial charge in [-0.05, 0) is 0 Å². The molecule has 0 aliphatic carbocycles. The first-order valence-corrected chi connectivity index (χ1v) is 3.30. The second-order valence-electron chi connectivity index (χ2n) is 1.34. The highest BCUT2D eigenvalue weighted by Crippen LogP contribution is 2.08. The Kier molecular flexibility index (Phi) is 2.41. The maximum absolute atomic E-state index is 5.18. The van der Waals surface area contributed by atoms with E-state index in [1.807, 2.05) is 0 Å². The molecule has 50 valence electrons. The maximum atomic E-state index is 5.18. The largest absolute Gasteiger partial charge is 0.468 e. The van der Waals surface area contributed by atoms with Crippen LogP contribution in [0.1, 0.15) is 0 Å². The molecule has 0 aromatic carbocycles. The van der Waals surface area contributed by atoms with Crippen molar-refractivity contribution in [1.29, 1.82) is 0 Å². The van der Waals surface area contributed by atoms with Crippen LogP contribution in [0.3, 0.4) is 0 Å². The van der Waals surface area contributed by atoms with Gasteiger partial charge in [0.05, 0.1) is 0 Å². The van der Waals surface area contributed by atoms with Gasteiger partial charge < -0.3 is 10.5 Å². The summed E-state index contributed by atoms with van der Waals surface area (Å²) in [4.78, 5) is 3.78. The fraction of sp³-hybridized carbons (Fsp3) is 0.500. The van der Waals surface area contributed by atoms with Crippen LogP contribution >= 0.6 is 11.5 Å². The lowest BCUT2D eigenvalue weighted by Gasteiger charge is -1.94. The summed E-state index contributed by atoms with van der Waals surface area (Å²) in [5.41, 5.74) is 5.18. The van der Waals surface area contributed by atoms with E-state index in [1.165, 1.54) is 17.9 Å². The van der Waals surface area contributed by atoms with Crippen molar-refractivity contribution in [2.75, 3.05) is 13.2 Å². The number of rotatable bonds is 3. The van der Waals surface area contributed by atoms with Gasteiger partial charge in [-0.2, -0.15) is 9.36 Å². The Labute approximate surface area is 56.8 Å². The van der Waals surface area contributed by atoms with Crippen molar-refractivity contribution >= 4 is 11.5 Å². The summed E-state index contributed by atoms with van der Waals surface area (Å²) in [5, 5.41) is 0.584. The first kappa shape index (κ1) is 6.44. The topological polar surface area (TPSA) is 61.0 Å². The Hall–Kier alpha value is -0.680. The third-order valence-corrected chi connectivity index (χ3v) is 1.26. The third kappa shape index (κ3) is 1.95. The van der Waals surface area contributed by atoms with Crippen molar-refractivity contribution in [3.63, 3.8) is 0 Å². The molecule has 9 heavy (non-hydrogen) atoms. The molecule has 1 aromatic rings. The maximum Gasteiger partial charge on any atom is 0.292 e. The molecule has 5 heteroatoms. The Balaban J connectivity index is 2.30. The molecule has 0 spiro atoms. The van der Waals surface area contributed by atoms with Crippen molar-refractivity contribution in [2.24, 2.45) is 5.73 Å². The molecule has 2 N–H and O–H groups in total. The lowest BCUT2D eigenvalue weighted by atomic mass is 10.7. The normalized spacial score (nSPS) is 9.44. The standard InChI is InChI=1S/C4H7N3OS/c5-1-2-8-4-6-3-7-9-4/h3H,1-2,5H2. The summed E-state index contributed by atoms with van der Waals surface area (Å²) in [5.74, 6) is 0. The molecule has 4 nitrogen and oxygen atoms in total. The van der Waals surface area contributed by atoms with Crippen LogP contribution in [-0.2, 0) is 0 Å². The molecule has 0 unspecified atom stereocenters. The van der Waals surface area contributed by atoms with E-state index in [0.29, 0.717) is 18.3 Å². The van der Waals surface area contributed by atoms with Gasteiger partial charge >= 0.3 is 0 Å². The number of hydrogen-bond donors (Lipinski definition) is 1. The highest BCUT2D eigenvalue weighted by Gasteiger charge is 1.92. The van der Waals surface area contributed by atoms with E-state index in [0.717, 1.165) is 0 Å². The zero-order valence-corrected chi connectivity index (χ0v) is 5.60. The van der Waals surface area contributed by atoms with Crippen LogP contribution in [0.2, 0.25) is 0 Å². The molecule has 1 aromatic heterocycles. The van der Waals surface area contributed by atoms with Crippen molar-refractivity contribution in [2.45, 2.75) is 0 Å². The highest BCUT2D eigenvalue weighted by atomic mass is 32.1. The van der Waals surface area contributed by atoms with E-state index in [-0.39, 0.29) is 0 Å². The average molecular weight is 145 g/mol. The van der Waals surface area contributed by atoms with Gasteiger partial charge in [0, 0.05) is 18.1 Å². The van der Waals surface area contributed by atoms with E-state index in [1.54, 1.807) is 0 Å². The molecular formula is C4H7N3OS. The first-order chi connectivity index (χ1) is 4.43. The van der Waals surface area contributed by atoms with Crippen molar-refractivity contribution in [3.05, 3.63) is 6.33 Å². The number of aromatic nitrogens is 2. The molecule has 1 rings (SSSR count). The molecule has 0 atom stereocenters. The molecular weight excluding hydrogens is 138 g/mol. The summed E-state index contributed by atoms with van der Waals surface area (Å²) < 4.78 is 8.75. The van der Waals surface area contributed by atoms with E-state index in [2.05, 4.69) is 9.36 Å². The fourth-order valence-electron chi connectivity index (χ4n) is 0.373. The predicted octanol–water partition coefficient (Wildman–Crippen LogP) is -0.124. The third-order valence-electron chi connectivity index (χ3n) is 0.684. The van der Waals surface area contributed by atoms with Gasteiger partial charge in [-0.15, -0.1) is 0 Å². The first-order valence-electron chi connectivity index (χ1n) is 2.53. The Morgan fingerprint density at radius 2 is 2.67 bits per heavy atom. The van der Waals surface area contributed by atoms with E-state index >= 15 is 0 Å². The monoisotopic (exact) mass is 145 g/mol. The van der Waals surface area contributed by atoms with Gasteiger partial charge in [-0.25, -0.2) is 0 Å².